The highest BCUT2D eigenvalue weighted by Gasteiger charge is 2.23. The first kappa shape index (κ1) is 15.1. The quantitative estimate of drug-likeness (QED) is 0.803. The van der Waals surface area contributed by atoms with E-state index < -0.39 is 0 Å². The van der Waals surface area contributed by atoms with Gasteiger partial charge in [-0.25, -0.2) is 0 Å². The highest BCUT2D eigenvalue weighted by atomic mass is 79.9. The van der Waals surface area contributed by atoms with E-state index in [-0.39, 0.29) is 12.5 Å². The Balaban J connectivity index is 1.79. The minimum Gasteiger partial charge on any atom is -0.483 e. The Labute approximate surface area is 128 Å². The number of rotatable bonds is 5. The summed E-state index contributed by atoms with van der Waals surface area (Å²) < 4.78 is 6.43. The number of carbonyl (C=O) groups is 1. The van der Waals surface area contributed by atoms with Crippen molar-refractivity contribution in [2.24, 2.45) is 0 Å². The third-order valence-corrected chi connectivity index (χ3v) is 4.10. The van der Waals surface area contributed by atoms with Gasteiger partial charge in [-0.3, -0.25) is 4.79 Å². The SMILES string of the molecule is C=CC[NH+]1CCN(C(=O)COc2ccccc2Br)CC1. The molecular weight excluding hydrogens is 320 g/mol. The molecule has 1 heterocycles. The highest BCUT2D eigenvalue weighted by Crippen LogP contribution is 2.23. The summed E-state index contributed by atoms with van der Waals surface area (Å²) in [5, 5.41) is 0. The molecule has 4 nitrogen and oxygen atoms in total. The summed E-state index contributed by atoms with van der Waals surface area (Å²) in [6.45, 7) is 8.36. The normalized spacial score (nSPS) is 15.9. The number of nitrogens with one attached hydrogen (secondary N) is 1. The number of quaternary nitrogens is 1. The molecule has 20 heavy (non-hydrogen) atoms. The molecule has 1 aromatic carbocycles. The van der Waals surface area contributed by atoms with Crippen LogP contribution in [0.2, 0.25) is 0 Å². The van der Waals surface area contributed by atoms with E-state index in [1.165, 1.54) is 4.90 Å². The molecule has 0 radical (unpaired) electrons. The number of amides is 1. The monoisotopic (exact) mass is 339 g/mol. The molecule has 1 saturated heterocycles. The smallest absolute Gasteiger partial charge is 0.260 e. The van der Waals surface area contributed by atoms with Gasteiger partial charge in [0.1, 0.15) is 5.75 Å². The Hall–Kier alpha value is -1.33. The molecule has 0 unspecified atom stereocenters. The van der Waals surface area contributed by atoms with Crippen LogP contribution in [0.3, 0.4) is 0 Å². The van der Waals surface area contributed by atoms with E-state index in [0.717, 1.165) is 37.2 Å². The summed E-state index contributed by atoms with van der Waals surface area (Å²) in [5.74, 6) is 0.759. The van der Waals surface area contributed by atoms with Crippen molar-refractivity contribution in [1.82, 2.24) is 4.90 Å². The van der Waals surface area contributed by atoms with Gasteiger partial charge in [0.05, 0.1) is 37.2 Å². The predicted molar refractivity (Wildman–Crippen MR) is 82.0 cm³/mol. The third-order valence-electron chi connectivity index (χ3n) is 3.44. The topological polar surface area (TPSA) is 34.0 Å². The maximum absolute atomic E-state index is 12.1. The first-order valence-electron chi connectivity index (χ1n) is 6.80. The lowest BCUT2D eigenvalue weighted by atomic mass is 10.3. The van der Waals surface area contributed by atoms with Gasteiger partial charge in [-0.05, 0) is 34.1 Å². The van der Waals surface area contributed by atoms with Gasteiger partial charge in [0.2, 0.25) is 0 Å². The van der Waals surface area contributed by atoms with Gasteiger partial charge in [0.25, 0.3) is 5.91 Å². The number of hydrogen-bond acceptors (Lipinski definition) is 2. The Kier molecular flexibility index (Phi) is 5.61. The molecule has 1 aromatic rings. The van der Waals surface area contributed by atoms with Crippen molar-refractivity contribution < 1.29 is 14.4 Å². The number of hydrogen-bond donors (Lipinski definition) is 1. The van der Waals surface area contributed by atoms with E-state index in [2.05, 4.69) is 22.5 Å². The lowest BCUT2D eigenvalue weighted by molar-refractivity contribution is -0.898. The van der Waals surface area contributed by atoms with Gasteiger partial charge in [0.15, 0.2) is 6.61 Å². The Morgan fingerprint density at radius 1 is 1.40 bits per heavy atom. The lowest BCUT2D eigenvalue weighted by Gasteiger charge is -2.31. The molecular formula is C15H20BrN2O2+. The van der Waals surface area contributed by atoms with E-state index in [4.69, 9.17) is 4.74 Å². The van der Waals surface area contributed by atoms with Gasteiger partial charge in [-0.15, -0.1) is 0 Å². The average Bonchev–Trinajstić information content (AvgIpc) is 2.47. The molecule has 0 aliphatic carbocycles. The van der Waals surface area contributed by atoms with Crippen molar-refractivity contribution in [2.45, 2.75) is 0 Å². The van der Waals surface area contributed by atoms with Crippen LogP contribution >= 0.6 is 15.9 Å². The van der Waals surface area contributed by atoms with Crippen LogP contribution in [0.15, 0.2) is 41.4 Å². The van der Waals surface area contributed by atoms with Crippen molar-refractivity contribution in [3.8, 4) is 5.75 Å². The summed E-state index contributed by atoms with van der Waals surface area (Å²) in [6.07, 6.45) is 1.93. The summed E-state index contributed by atoms with van der Waals surface area (Å²) in [4.78, 5) is 15.5. The van der Waals surface area contributed by atoms with E-state index in [0.29, 0.717) is 5.75 Å². The van der Waals surface area contributed by atoms with Crippen LogP contribution in [0.1, 0.15) is 0 Å². The predicted octanol–water partition coefficient (Wildman–Crippen LogP) is 0.741. The molecule has 0 bridgehead atoms. The van der Waals surface area contributed by atoms with E-state index in [1.54, 1.807) is 0 Å². The zero-order chi connectivity index (χ0) is 14.4. The zero-order valence-electron chi connectivity index (χ0n) is 11.5. The number of halogens is 1. The third kappa shape index (κ3) is 4.08. The second kappa shape index (κ2) is 7.45. The molecule has 0 spiro atoms. The Bertz CT molecular complexity index is 471. The van der Waals surface area contributed by atoms with Gasteiger partial charge in [-0.1, -0.05) is 18.7 Å². The molecule has 0 atom stereocenters. The van der Waals surface area contributed by atoms with Crippen molar-refractivity contribution in [3.63, 3.8) is 0 Å². The number of ether oxygens (including phenoxy) is 1. The standard InChI is InChI=1S/C15H19BrN2O2/c1-2-7-17-8-10-18(11-9-17)15(19)12-20-14-6-4-3-5-13(14)16/h2-6H,1,7-12H2/p+1. The molecule has 1 aliphatic heterocycles. The molecule has 1 aliphatic rings. The van der Waals surface area contributed by atoms with Gasteiger partial charge in [0, 0.05) is 0 Å². The van der Waals surface area contributed by atoms with Gasteiger partial charge < -0.3 is 14.5 Å². The Morgan fingerprint density at radius 3 is 2.75 bits per heavy atom. The lowest BCUT2D eigenvalue weighted by Crippen LogP contribution is -3.14. The summed E-state index contributed by atoms with van der Waals surface area (Å²) >= 11 is 3.40. The second-order valence-corrected chi connectivity index (χ2v) is 5.70. The van der Waals surface area contributed by atoms with Crippen LogP contribution in [-0.2, 0) is 4.79 Å². The summed E-state index contributed by atoms with van der Waals surface area (Å²) in [5.41, 5.74) is 0. The summed E-state index contributed by atoms with van der Waals surface area (Å²) in [6, 6.07) is 7.56. The van der Waals surface area contributed by atoms with Gasteiger partial charge >= 0.3 is 0 Å². The maximum Gasteiger partial charge on any atom is 0.260 e. The number of piperazine rings is 1. The van der Waals surface area contributed by atoms with Crippen LogP contribution in [0.5, 0.6) is 5.75 Å². The molecule has 0 saturated carbocycles. The molecule has 2 rings (SSSR count). The molecule has 1 fully saturated rings. The first-order chi connectivity index (χ1) is 9.70. The van der Waals surface area contributed by atoms with Gasteiger partial charge in [-0.2, -0.15) is 0 Å². The Morgan fingerprint density at radius 2 is 2.10 bits per heavy atom. The minimum absolute atomic E-state index is 0.0541. The number of para-hydroxylation sites is 1. The molecule has 5 heteroatoms. The number of nitrogens with zero attached hydrogens (tertiary/aromatic N) is 1. The molecule has 0 aromatic heterocycles. The number of benzene rings is 1. The van der Waals surface area contributed by atoms with Crippen LogP contribution < -0.4 is 9.64 Å². The second-order valence-electron chi connectivity index (χ2n) is 4.84. The fourth-order valence-electron chi connectivity index (χ4n) is 2.27. The minimum atomic E-state index is 0.0541. The van der Waals surface area contributed by atoms with Crippen LogP contribution in [0, 0.1) is 0 Å². The average molecular weight is 340 g/mol. The fourth-order valence-corrected chi connectivity index (χ4v) is 2.67. The number of carbonyl (C=O) groups excluding carboxylic acids is 1. The highest BCUT2D eigenvalue weighted by molar-refractivity contribution is 9.10. The van der Waals surface area contributed by atoms with Crippen LogP contribution in [-0.4, -0.2) is 50.1 Å². The first-order valence-corrected chi connectivity index (χ1v) is 7.59. The molecule has 108 valence electrons. The molecule has 1 N–H and O–H groups in total. The zero-order valence-corrected chi connectivity index (χ0v) is 13.1. The molecule has 1 amide bonds. The van der Waals surface area contributed by atoms with E-state index >= 15 is 0 Å². The maximum atomic E-state index is 12.1. The largest absolute Gasteiger partial charge is 0.483 e. The van der Waals surface area contributed by atoms with Crippen LogP contribution in [0.4, 0.5) is 0 Å². The van der Waals surface area contributed by atoms with Crippen molar-refractivity contribution in [1.29, 1.82) is 0 Å². The van der Waals surface area contributed by atoms with E-state index in [1.807, 2.05) is 35.2 Å². The van der Waals surface area contributed by atoms with Crippen molar-refractivity contribution >= 4 is 21.8 Å². The summed E-state index contributed by atoms with van der Waals surface area (Å²) in [7, 11) is 0. The van der Waals surface area contributed by atoms with Crippen molar-refractivity contribution in [2.75, 3.05) is 39.3 Å². The van der Waals surface area contributed by atoms with Crippen molar-refractivity contribution in [3.05, 3.63) is 41.4 Å². The van der Waals surface area contributed by atoms with E-state index in [9.17, 15) is 4.79 Å². The van der Waals surface area contributed by atoms with Crippen LogP contribution in [0.25, 0.3) is 0 Å². The fraction of sp³-hybridized carbons (Fsp3) is 0.400.